The lowest BCUT2D eigenvalue weighted by Gasteiger charge is -2.26. The molecule has 1 aliphatic rings. The normalized spacial score (nSPS) is 24.5. The lowest BCUT2D eigenvalue weighted by Crippen LogP contribution is -2.12. The van der Waals surface area contributed by atoms with Crippen molar-refractivity contribution in [2.24, 2.45) is 11.8 Å². The second-order valence-electron chi connectivity index (χ2n) is 5.96. The summed E-state index contributed by atoms with van der Waals surface area (Å²) in [6, 6.07) is 8.66. The summed E-state index contributed by atoms with van der Waals surface area (Å²) in [7, 11) is 0. The van der Waals surface area contributed by atoms with Crippen LogP contribution >= 0.6 is 0 Å². The first-order valence-corrected chi connectivity index (χ1v) is 7.27. The Balaban J connectivity index is 1.59. The average molecular weight is 242 g/mol. The van der Waals surface area contributed by atoms with Gasteiger partial charge in [-0.2, -0.15) is 0 Å². The van der Waals surface area contributed by atoms with Crippen LogP contribution < -0.4 is 0 Å². The molecule has 1 fully saturated rings. The van der Waals surface area contributed by atoms with Crippen LogP contribution in [0.15, 0.2) is 34.9 Å². The molecule has 0 unspecified atom stereocenters. The van der Waals surface area contributed by atoms with Gasteiger partial charge in [-0.3, -0.25) is 0 Å². The van der Waals surface area contributed by atoms with Crippen LogP contribution in [0, 0.1) is 11.8 Å². The second-order valence-corrected chi connectivity index (χ2v) is 5.96. The van der Waals surface area contributed by atoms with Gasteiger partial charge in [0.15, 0.2) is 0 Å². The largest absolute Gasteiger partial charge is 0.464 e. The lowest BCUT2D eigenvalue weighted by molar-refractivity contribution is 0.278. The third-order valence-corrected chi connectivity index (χ3v) is 4.49. The van der Waals surface area contributed by atoms with Gasteiger partial charge in [0.05, 0.1) is 6.26 Å². The van der Waals surface area contributed by atoms with Crippen LogP contribution in [-0.4, -0.2) is 0 Å². The highest BCUT2D eigenvalue weighted by Crippen LogP contribution is 2.31. The van der Waals surface area contributed by atoms with Gasteiger partial charge in [0, 0.05) is 5.39 Å². The summed E-state index contributed by atoms with van der Waals surface area (Å²) in [6.45, 7) is 2.39. The number of rotatable bonds is 3. The maximum Gasteiger partial charge on any atom is 0.133 e. The first-order valence-electron chi connectivity index (χ1n) is 7.27. The summed E-state index contributed by atoms with van der Waals surface area (Å²) in [6.07, 6.45) is 10.1. The molecule has 1 heteroatoms. The van der Waals surface area contributed by atoms with Crippen molar-refractivity contribution < 1.29 is 4.42 Å². The van der Waals surface area contributed by atoms with Crippen molar-refractivity contribution in [2.45, 2.75) is 45.4 Å². The molecule has 1 nitrogen and oxygen atoms in total. The molecule has 2 aromatic rings. The lowest BCUT2D eigenvalue weighted by atomic mass is 9.80. The Morgan fingerprint density at radius 2 is 1.94 bits per heavy atom. The SMILES string of the molecule is CC1CCC(CCc2ccc3occc3c2)CC1. The molecule has 0 radical (unpaired) electrons. The molecule has 1 saturated carbocycles. The predicted octanol–water partition coefficient (Wildman–Crippen LogP) is 5.19. The Bertz CT molecular complexity index is 503. The topological polar surface area (TPSA) is 13.1 Å². The molecule has 0 saturated heterocycles. The molecule has 0 aliphatic heterocycles. The first kappa shape index (κ1) is 11.8. The minimum Gasteiger partial charge on any atom is -0.464 e. The van der Waals surface area contributed by atoms with E-state index < -0.39 is 0 Å². The zero-order valence-corrected chi connectivity index (χ0v) is 11.2. The van der Waals surface area contributed by atoms with E-state index >= 15 is 0 Å². The van der Waals surface area contributed by atoms with Crippen molar-refractivity contribution >= 4 is 11.0 Å². The maximum absolute atomic E-state index is 5.38. The summed E-state index contributed by atoms with van der Waals surface area (Å²) in [4.78, 5) is 0. The summed E-state index contributed by atoms with van der Waals surface area (Å²) in [5.74, 6) is 1.92. The highest BCUT2D eigenvalue weighted by atomic mass is 16.3. The highest BCUT2D eigenvalue weighted by Gasteiger charge is 2.17. The minimum atomic E-state index is 0.959. The molecule has 1 aliphatic carbocycles. The number of furan rings is 1. The van der Waals surface area contributed by atoms with Crippen LogP contribution in [0.4, 0.5) is 0 Å². The molecule has 18 heavy (non-hydrogen) atoms. The van der Waals surface area contributed by atoms with Crippen LogP contribution in [0.5, 0.6) is 0 Å². The van der Waals surface area contributed by atoms with E-state index in [0.717, 1.165) is 17.4 Å². The van der Waals surface area contributed by atoms with Gasteiger partial charge in [-0.05, 0) is 48.4 Å². The van der Waals surface area contributed by atoms with E-state index in [4.69, 9.17) is 4.42 Å². The third kappa shape index (κ3) is 2.60. The molecular formula is C17H22O. The summed E-state index contributed by atoms with van der Waals surface area (Å²) >= 11 is 0. The Morgan fingerprint density at radius 3 is 2.78 bits per heavy atom. The van der Waals surface area contributed by atoms with Crippen molar-refractivity contribution in [1.29, 1.82) is 0 Å². The third-order valence-electron chi connectivity index (χ3n) is 4.49. The van der Waals surface area contributed by atoms with Gasteiger partial charge in [0.25, 0.3) is 0 Å². The standard InChI is InChI=1S/C17H22O/c1-13-2-4-14(5-3-13)6-7-15-8-9-17-16(12-15)10-11-18-17/h8-14H,2-7H2,1H3. The van der Waals surface area contributed by atoms with Gasteiger partial charge in [-0.15, -0.1) is 0 Å². The summed E-state index contributed by atoms with van der Waals surface area (Å²) in [5.41, 5.74) is 2.47. The molecule has 0 atom stereocenters. The Labute approximate surface area is 109 Å². The molecule has 3 rings (SSSR count). The number of hydrogen-bond acceptors (Lipinski definition) is 1. The van der Waals surface area contributed by atoms with Crippen molar-refractivity contribution in [3.63, 3.8) is 0 Å². The van der Waals surface area contributed by atoms with Gasteiger partial charge < -0.3 is 4.42 Å². The highest BCUT2D eigenvalue weighted by molar-refractivity contribution is 5.77. The van der Waals surface area contributed by atoms with E-state index in [1.807, 2.05) is 0 Å². The minimum absolute atomic E-state index is 0.959. The Kier molecular flexibility index (Phi) is 3.40. The van der Waals surface area contributed by atoms with Gasteiger partial charge in [-0.25, -0.2) is 0 Å². The van der Waals surface area contributed by atoms with Gasteiger partial charge in [0.2, 0.25) is 0 Å². The van der Waals surface area contributed by atoms with E-state index in [-0.39, 0.29) is 0 Å². The monoisotopic (exact) mass is 242 g/mol. The number of fused-ring (bicyclic) bond motifs is 1. The second kappa shape index (κ2) is 5.17. The molecule has 0 bridgehead atoms. The molecule has 1 heterocycles. The van der Waals surface area contributed by atoms with Crippen molar-refractivity contribution in [3.8, 4) is 0 Å². The number of aryl methyl sites for hydroxylation is 1. The maximum atomic E-state index is 5.38. The van der Waals surface area contributed by atoms with E-state index in [1.54, 1.807) is 6.26 Å². The van der Waals surface area contributed by atoms with Crippen LogP contribution in [-0.2, 0) is 6.42 Å². The molecule has 0 spiro atoms. The van der Waals surface area contributed by atoms with E-state index in [1.165, 1.54) is 49.5 Å². The van der Waals surface area contributed by atoms with Gasteiger partial charge in [-0.1, -0.05) is 38.7 Å². The fourth-order valence-corrected chi connectivity index (χ4v) is 3.16. The summed E-state index contributed by atoms with van der Waals surface area (Å²) < 4.78 is 5.38. The quantitative estimate of drug-likeness (QED) is 0.721. The molecule has 0 amide bonds. The van der Waals surface area contributed by atoms with E-state index in [9.17, 15) is 0 Å². The molecule has 1 aromatic heterocycles. The van der Waals surface area contributed by atoms with Crippen LogP contribution in [0.1, 0.15) is 44.6 Å². The summed E-state index contributed by atoms with van der Waals surface area (Å²) in [5, 5.41) is 1.24. The van der Waals surface area contributed by atoms with Crippen molar-refractivity contribution in [3.05, 3.63) is 36.1 Å². The van der Waals surface area contributed by atoms with Crippen molar-refractivity contribution in [2.75, 3.05) is 0 Å². The Hall–Kier alpha value is -1.24. The zero-order chi connectivity index (χ0) is 12.4. The number of benzene rings is 1. The first-order chi connectivity index (χ1) is 8.81. The van der Waals surface area contributed by atoms with E-state index in [2.05, 4.69) is 31.2 Å². The molecule has 96 valence electrons. The smallest absolute Gasteiger partial charge is 0.133 e. The fourth-order valence-electron chi connectivity index (χ4n) is 3.16. The van der Waals surface area contributed by atoms with E-state index in [0.29, 0.717) is 0 Å². The fraction of sp³-hybridized carbons (Fsp3) is 0.529. The molecular weight excluding hydrogens is 220 g/mol. The predicted molar refractivity (Wildman–Crippen MR) is 75.7 cm³/mol. The van der Waals surface area contributed by atoms with Gasteiger partial charge >= 0.3 is 0 Å². The zero-order valence-electron chi connectivity index (χ0n) is 11.2. The molecule has 0 N–H and O–H groups in total. The van der Waals surface area contributed by atoms with Crippen LogP contribution in [0.25, 0.3) is 11.0 Å². The van der Waals surface area contributed by atoms with Crippen LogP contribution in [0.3, 0.4) is 0 Å². The molecule has 1 aromatic carbocycles. The Morgan fingerprint density at radius 1 is 1.11 bits per heavy atom. The average Bonchev–Trinajstić information content (AvgIpc) is 2.85. The number of hydrogen-bond donors (Lipinski definition) is 0. The van der Waals surface area contributed by atoms with Gasteiger partial charge in [0.1, 0.15) is 5.58 Å². The van der Waals surface area contributed by atoms with Crippen molar-refractivity contribution in [1.82, 2.24) is 0 Å². The van der Waals surface area contributed by atoms with Crippen LogP contribution in [0.2, 0.25) is 0 Å².